The third-order valence-corrected chi connectivity index (χ3v) is 6.08. The van der Waals surface area contributed by atoms with Crippen molar-refractivity contribution in [3.63, 3.8) is 0 Å². The van der Waals surface area contributed by atoms with Crippen LogP contribution in [-0.4, -0.2) is 17.8 Å². The molecule has 0 saturated heterocycles. The third-order valence-electron chi connectivity index (χ3n) is 6.08. The lowest BCUT2D eigenvalue weighted by Crippen LogP contribution is -2.29. The van der Waals surface area contributed by atoms with E-state index in [1.54, 1.807) is 0 Å². The first-order chi connectivity index (χ1) is 12.7. The van der Waals surface area contributed by atoms with Crippen LogP contribution in [0.3, 0.4) is 0 Å². The summed E-state index contributed by atoms with van der Waals surface area (Å²) in [6, 6.07) is 0.334. The summed E-state index contributed by atoms with van der Waals surface area (Å²) in [7, 11) is 0. The summed E-state index contributed by atoms with van der Waals surface area (Å²) in [5.74, 6) is 1.46. The van der Waals surface area contributed by atoms with Crippen LogP contribution in [0.15, 0.2) is 76.9 Å². The molecule has 0 fully saturated rings. The average Bonchev–Trinajstić information content (AvgIpc) is 3.15. The first kappa shape index (κ1) is 17.5. The van der Waals surface area contributed by atoms with E-state index in [0.717, 1.165) is 12.8 Å². The molecule has 0 radical (unpaired) electrons. The molecule has 5 unspecified atom stereocenters. The van der Waals surface area contributed by atoms with Crippen LogP contribution >= 0.6 is 0 Å². The molecule has 0 saturated carbocycles. The summed E-state index contributed by atoms with van der Waals surface area (Å²) >= 11 is 0. The highest BCUT2D eigenvalue weighted by Crippen LogP contribution is 2.35. The number of hydrogen-bond donors (Lipinski definition) is 1. The Bertz CT molecular complexity index is 742. The Kier molecular flexibility index (Phi) is 5.21. The zero-order valence-electron chi connectivity index (χ0n) is 15.7. The van der Waals surface area contributed by atoms with Crippen molar-refractivity contribution in [1.29, 1.82) is 0 Å². The van der Waals surface area contributed by atoms with E-state index in [-0.39, 0.29) is 12.1 Å². The van der Waals surface area contributed by atoms with Gasteiger partial charge in [-0.15, -0.1) is 0 Å². The van der Waals surface area contributed by atoms with Crippen LogP contribution in [0, 0.1) is 17.8 Å². The minimum absolute atomic E-state index is 0.0782. The van der Waals surface area contributed by atoms with Gasteiger partial charge in [0, 0.05) is 29.5 Å². The molecule has 0 spiro atoms. The molecule has 0 bridgehead atoms. The Hall–Kier alpha value is -1.93. The molecule has 5 atom stereocenters. The smallest absolute Gasteiger partial charge is 0.0793 e. The number of nitrogens with zero attached hydrogens (tertiary/aromatic N) is 1. The van der Waals surface area contributed by atoms with Gasteiger partial charge in [-0.2, -0.15) is 0 Å². The zero-order chi connectivity index (χ0) is 17.9. The van der Waals surface area contributed by atoms with Crippen molar-refractivity contribution in [2.24, 2.45) is 28.5 Å². The first-order valence-corrected chi connectivity index (χ1v) is 10.2. The number of rotatable bonds is 4. The quantitative estimate of drug-likeness (QED) is 0.709. The highest BCUT2D eigenvalue weighted by Gasteiger charge is 2.32. The Morgan fingerprint density at radius 3 is 2.65 bits per heavy atom. The van der Waals surface area contributed by atoms with Gasteiger partial charge in [-0.1, -0.05) is 54.7 Å². The van der Waals surface area contributed by atoms with Crippen LogP contribution in [0.5, 0.6) is 0 Å². The van der Waals surface area contributed by atoms with Crippen molar-refractivity contribution >= 4 is 5.71 Å². The van der Waals surface area contributed by atoms with Crippen molar-refractivity contribution in [1.82, 2.24) is 0 Å². The molecule has 3 aliphatic carbocycles. The molecule has 26 heavy (non-hydrogen) atoms. The predicted octanol–water partition coefficient (Wildman–Crippen LogP) is 5.07. The second kappa shape index (κ2) is 7.75. The van der Waals surface area contributed by atoms with Crippen LogP contribution in [0.4, 0.5) is 0 Å². The highest BCUT2D eigenvalue weighted by molar-refractivity contribution is 6.01. The molecule has 0 aromatic heterocycles. The minimum atomic E-state index is 0.0782. The molecule has 0 amide bonds. The van der Waals surface area contributed by atoms with Gasteiger partial charge in [0.1, 0.15) is 0 Å². The maximum absolute atomic E-state index is 6.30. The van der Waals surface area contributed by atoms with E-state index in [1.165, 1.54) is 36.1 Å². The number of aliphatic imine (C=N–C) groups is 1. The normalized spacial score (nSPS) is 34.5. The van der Waals surface area contributed by atoms with Gasteiger partial charge in [0.05, 0.1) is 6.04 Å². The van der Waals surface area contributed by atoms with Gasteiger partial charge >= 0.3 is 0 Å². The number of hydrogen-bond acceptors (Lipinski definition) is 2. The molecule has 1 aliphatic heterocycles. The standard InChI is InChI=1S/C24H30N2/c1-17(25)22-16-23(26-24(22)21-10-6-3-7-11-21)20-14-12-19(13-15-20)18-8-4-2-5-9-18/h2,4-6,8,10,12-14,16-18,20-21,24H,3,7,9,11,15,25H2,1H3. The molecule has 4 rings (SSSR count). The Morgan fingerprint density at radius 2 is 2.00 bits per heavy atom. The van der Waals surface area contributed by atoms with E-state index in [1.807, 2.05) is 0 Å². The Balaban J connectivity index is 1.49. The fourth-order valence-electron chi connectivity index (χ4n) is 4.54. The number of allylic oxidation sites excluding steroid dienone is 10. The maximum atomic E-state index is 6.30. The SMILES string of the molecule is CC(N)C1=CC(C2C=CC(C3C=CC=CC3)=CC2)=NC1C1C=CCCC1. The fraction of sp³-hybridized carbons (Fsp3) is 0.458. The van der Waals surface area contributed by atoms with E-state index in [4.69, 9.17) is 10.7 Å². The lowest BCUT2D eigenvalue weighted by atomic mass is 9.83. The summed E-state index contributed by atoms with van der Waals surface area (Å²) in [6.07, 6.45) is 28.8. The monoisotopic (exact) mass is 346 g/mol. The van der Waals surface area contributed by atoms with Crippen molar-refractivity contribution in [3.05, 3.63) is 71.9 Å². The predicted molar refractivity (Wildman–Crippen MR) is 111 cm³/mol. The minimum Gasteiger partial charge on any atom is -0.324 e. The van der Waals surface area contributed by atoms with Crippen LogP contribution < -0.4 is 5.73 Å². The van der Waals surface area contributed by atoms with Gasteiger partial charge in [0.25, 0.3) is 0 Å². The molecular weight excluding hydrogens is 316 g/mol. The van der Waals surface area contributed by atoms with E-state index in [0.29, 0.717) is 17.8 Å². The molecule has 0 aromatic carbocycles. The summed E-state index contributed by atoms with van der Waals surface area (Å²) in [5.41, 5.74) is 10.3. The van der Waals surface area contributed by atoms with Crippen molar-refractivity contribution in [2.75, 3.05) is 0 Å². The van der Waals surface area contributed by atoms with Crippen LogP contribution in [0.1, 0.15) is 39.0 Å². The fourth-order valence-corrected chi connectivity index (χ4v) is 4.54. The van der Waals surface area contributed by atoms with Gasteiger partial charge in [-0.25, -0.2) is 0 Å². The van der Waals surface area contributed by atoms with Crippen molar-refractivity contribution in [3.8, 4) is 0 Å². The van der Waals surface area contributed by atoms with E-state index < -0.39 is 0 Å². The third kappa shape index (κ3) is 3.61. The lowest BCUT2D eigenvalue weighted by molar-refractivity contribution is 0.473. The zero-order valence-corrected chi connectivity index (χ0v) is 15.7. The van der Waals surface area contributed by atoms with Crippen LogP contribution in [0.25, 0.3) is 0 Å². The molecule has 2 N–H and O–H groups in total. The van der Waals surface area contributed by atoms with E-state index >= 15 is 0 Å². The number of nitrogens with two attached hydrogens (primary N) is 1. The van der Waals surface area contributed by atoms with Gasteiger partial charge in [-0.3, -0.25) is 4.99 Å². The van der Waals surface area contributed by atoms with Crippen LogP contribution in [0.2, 0.25) is 0 Å². The molecule has 136 valence electrons. The summed E-state index contributed by atoms with van der Waals surface area (Å²) in [6.45, 7) is 2.10. The van der Waals surface area contributed by atoms with Gasteiger partial charge in [0.2, 0.25) is 0 Å². The largest absolute Gasteiger partial charge is 0.324 e. The molecule has 0 aromatic rings. The second-order valence-electron chi connectivity index (χ2n) is 8.02. The molecular formula is C24H30N2. The van der Waals surface area contributed by atoms with Crippen LogP contribution in [-0.2, 0) is 0 Å². The first-order valence-electron chi connectivity index (χ1n) is 10.2. The molecule has 4 aliphatic rings. The van der Waals surface area contributed by atoms with Crippen molar-refractivity contribution in [2.45, 2.75) is 51.1 Å². The van der Waals surface area contributed by atoms with Gasteiger partial charge < -0.3 is 5.73 Å². The maximum Gasteiger partial charge on any atom is 0.0793 e. The van der Waals surface area contributed by atoms with Crippen molar-refractivity contribution < 1.29 is 0 Å². The summed E-state index contributed by atoms with van der Waals surface area (Å²) in [4.78, 5) is 5.16. The van der Waals surface area contributed by atoms with Gasteiger partial charge in [-0.05, 0) is 56.3 Å². The Labute approximate surface area is 157 Å². The van der Waals surface area contributed by atoms with E-state index in [2.05, 4.69) is 67.7 Å². The average molecular weight is 347 g/mol. The second-order valence-corrected chi connectivity index (χ2v) is 8.02. The highest BCUT2D eigenvalue weighted by atomic mass is 14.9. The van der Waals surface area contributed by atoms with E-state index in [9.17, 15) is 0 Å². The molecule has 2 nitrogen and oxygen atoms in total. The van der Waals surface area contributed by atoms with Gasteiger partial charge in [0.15, 0.2) is 0 Å². The molecule has 2 heteroatoms. The topological polar surface area (TPSA) is 38.4 Å². The summed E-state index contributed by atoms with van der Waals surface area (Å²) < 4.78 is 0. The molecule has 1 heterocycles. The summed E-state index contributed by atoms with van der Waals surface area (Å²) in [5, 5.41) is 0. The Morgan fingerprint density at radius 1 is 1.08 bits per heavy atom. The lowest BCUT2D eigenvalue weighted by Gasteiger charge is -2.25.